The summed E-state index contributed by atoms with van der Waals surface area (Å²) in [5.41, 5.74) is 3.79. The lowest BCUT2D eigenvalue weighted by atomic mass is 9.94. The van der Waals surface area contributed by atoms with E-state index in [2.05, 4.69) is 26.8 Å². The number of hydrogen-bond acceptors (Lipinski definition) is 9. The Kier molecular flexibility index (Phi) is 6.64. The van der Waals surface area contributed by atoms with Gasteiger partial charge in [-0.1, -0.05) is 23.8 Å². The SMILES string of the molecule is C=C1CN2CCC[C@@]2(COc2nc3c4c(c(Cl)c(-c5nc(N)cc(C)c5C(F)(F)F)c(F)c4n2)OC[C@H]2CNCCN32)C1. The van der Waals surface area contributed by atoms with Crippen molar-refractivity contribution in [2.24, 2.45) is 0 Å². The Hall–Kier alpha value is -3.42. The summed E-state index contributed by atoms with van der Waals surface area (Å²) in [6.45, 7) is 9.25. The molecule has 0 amide bonds. The third-order valence-corrected chi connectivity index (χ3v) is 9.31. The van der Waals surface area contributed by atoms with E-state index in [1.165, 1.54) is 6.92 Å². The van der Waals surface area contributed by atoms with E-state index >= 15 is 4.39 Å². The van der Waals surface area contributed by atoms with E-state index in [0.29, 0.717) is 25.5 Å². The number of piperazine rings is 1. The molecular formula is C29H30ClF4N7O2. The van der Waals surface area contributed by atoms with Crippen LogP contribution in [-0.4, -0.2) is 77.4 Å². The van der Waals surface area contributed by atoms with Crippen LogP contribution >= 0.6 is 11.6 Å². The third kappa shape index (κ3) is 4.54. The molecule has 3 fully saturated rings. The molecule has 0 bridgehead atoms. The predicted octanol–water partition coefficient (Wildman–Crippen LogP) is 4.74. The summed E-state index contributed by atoms with van der Waals surface area (Å²) >= 11 is 6.74. The summed E-state index contributed by atoms with van der Waals surface area (Å²) in [4.78, 5) is 17.4. The van der Waals surface area contributed by atoms with Gasteiger partial charge in [-0.25, -0.2) is 9.37 Å². The second-order valence-electron chi connectivity index (χ2n) is 11.8. The van der Waals surface area contributed by atoms with Gasteiger partial charge < -0.3 is 25.4 Å². The number of rotatable bonds is 4. The maximum atomic E-state index is 16.7. The molecule has 2 atom stereocenters. The molecule has 4 aliphatic rings. The number of aromatic nitrogens is 3. The highest BCUT2D eigenvalue weighted by atomic mass is 35.5. The van der Waals surface area contributed by atoms with Crippen molar-refractivity contribution in [1.82, 2.24) is 25.2 Å². The zero-order chi connectivity index (χ0) is 30.3. The minimum atomic E-state index is -4.87. The number of halogens is 5. The van der Waals surface area contributed by atoms with Crippen molar-refractivity contribution >= 4 is 34.1 Å². The van der Waals surface area contributed by atoms with Crippen LogP contribution in [0.15, 0.2) is 18.2 Å². The Bertz CT molecular complexity index is 1670. The van der Waals surface area contributed by atoms with Gasteiger partial charge in [0.15, 0.2) is 11.6 Å². The number of nitrogens with one attached hydrogen (secondary N) is 1. The topological polar surface area (TPSA) is 102 Å². The zero-order valence-corrected chi connectivity index (χ0v) is 24.2. The molecule has 43 heavy (non-hydrogen) atoms. The minimum absolute atomic E-state index is 0.00771. The minimum Gasteiger partial charge on any atom is -0.489 e. The van der Waals surface area contributed by atoms with Gasteiger partial charge in [0.25, 0.3) is 0 Å². The Morgan fingerprint density at radius 1 is 1.28 bits per heavy atom. The van der Waals surface area contributed by atoms with Gasteiger partial charge in [0.1, 0.15) is 30.4 Å². The van der Waals surface area contributed by atoms with Gasteiger partial charge in [0, 0.05) is 26.2 Å². The van der Waals surface area contributed by atoms with Crippen molar-refractivity contribution in [3.05, 3.63) is 40.2 Å². The van der Waals surface area contributed by atoms with Crippen LogP contribution in [0.2, 0.25) is 5.02 Å². The van der Waals surface area contributed by atoms with Crippen LogP contribution in [0.4, 0.5) is 29.2 Å². The molecule has 2 aromatic heterocycles. The first-order valence-corrected chi connectivity index (χ1v) is 14.6. The van der Waals surface area contributed by atoms with Gasteiger partial charge in [-0.15, -0.1) is 0 Å². The summed E-state index contributed by atoms with van der Waals surface area (Å²) in [6, 6.07) is 0.812. The molecule has 0 spiro atoms. The molecule has 0 radical (unpaired) electrons. The number of anilines is 2. The number of benzene rings is 1. The number of pyridine rings is 1. The lowest BCUT2D eigenvalue weighted by molar-refractivity contribution is -0.137. The fraction of sp³-hybridized carbons (Fsp3) is 0.483. The first kappa shape index (κ1) is 28.4. The van der Waals surface area contributed by atoms with Gasteiger partial charge in [0.05, 0.1) is 38.8 Å². The van der Waals surface area contributed by atoms with Crippen molar-refractivity contribution in [2.45, 2.75) is 43.9 Å². The zero-order valence-electron chi connectivity index (χ0n) is 23.5. The van der Waals surface area contributed by atoms with Gasteiger partial charge in [0.2, 0.25) is 0 Å². The fourth-order valence-electron chi connectivity index (χ4n) is 7.10. The van der Waals surface area contributed by atoms with Gasteiger partial charge >= 0.3 is 12.2 Å². The molecule has 4 aliphatic heterocycles. The molecule has 7 rings (SSSR count). The first-order chi connectivity index (χ1) is 20.5. The number of nitrogen functional groups attached to an aromatic ring is 1. The largest absolute Gasteiger partial charge is 0.489 e. The van der Waals surface area contributed by atoms with Crippen LogP contribution in [0.25, 0.3) is 22.2 Å². The highest BCUT2D eigenvalue weighted by molar-refractivity contribution is 6.36. The van der Waals surface area contributed by atoms with Crippen molar-refractivity contribution in [1.29, 1.82) is 0 Å². The number of hydrogen-bond donors (Lipinski definition) is 2. The van der Waals surface area contributed by atoms with Crippen LogP contribution in [-0.2, 0) is 6.18 Å². The predicted molar refractivity (Wildman–Crippen MR) is 154 cm³/mol. The standard InChI is InChI=1S/C29H30ClF4N7O2/c1-14-9-28(4-3-6-40(28)11-14)13-43-27-38-24-19-25(42-12-16-10-36-5-7-41(16)26(19)39-27)21(30)18(22(24)31)23-20(29(32,33)34)15(2)8-17(35)37-23/h8,16,36H,1,3-7,9-13H2,2H3,(H2,35,37)/t16-,28+/m1/s1. The molecule has 3 N–H and O–H groups in total. The average molecular weight is 620 g/mol. The molecule has 9 nitrogen and oxygen atoms in total. The second-order valence-corrected chi connectivity index (χ2v) is 12.2. The summed E-state index contributed by atoms with van der Waals surface area (Å²) in [5, 5.41) is 3.13. The van der Waals surface area contributed by atoms with E-state index in [0.717, 1.165) is 44.0 Å². The Labute approximate surface area is 250 Å². The fourth-order valence-corrected chi connectivity index (χ4v) is 7.42. The maximum absolute atomic E-state index is 16.7. The quantitative estimate of drug-likeness (QED) is 0.317. The van der Waals surface area contributed by atoms with Crippen LogP contribution in [0, 0.1) is 12.7 Å². The average Bonchev–Trinajstić information content (AvgIpc) is 3.40. The molecule has 0 saturated carbocycles. The van der Waals surface area contributed by atoms with Crippen LogP contribution in [0.3, 0.4) is 0 Å². The normalized spacial score (nSPS) is 23.7. The number of nitrogens with zero attached hydrogens (tertiary/aromatic N) is 5. The molecule has 6 heterocycles. The monoisotopic (exact) mass is 619 g/mol. The number of ether oxygens (including phenoxy) is 2. The van der Waals surface area contributed by atoms with Crippen molar-refractivity contribution < 1.29 is 27.0 Å². The molecule has 0 unspecified atom stereocenters. The van der Waals surface area contributed by atoms with Crippen molar-refractivity contribution in [3.8, 4) is 23.0 Å². The molecule has 3 aromatic rings. The highest BCUT2D eigenvalue weighted by Gasteiger charge is 2.47. The summed E-state index contributed by atoms with van der Waals surface area (Å²) in [5.74, 6) is -0.952. The molecular weight excluding hydrogens is 590 g/mol. The van der Waals surface area contributed by atoms with Gasteiger partial charge in [-0.2, -0.15) is 23.1 Å². The van der Waals surface area contributed by atoms with Gasteiger partial charge in [-0.05, 0) is 44.4 Å². The molecule has 14 heteroatoms. The second kappa shape index (κ2) is 10.1. The van der Waals surface area contributed by atoms with E-state index in [4.69, 9.17) is 31.8 Å². The van der Waals surface area contributed by atoms with Gasteiger partial charge in [-0.3, -0.25) is 4.90 Å². The lowest BCUT2D eigenvalue weighted by Crippen LogP contribution is -2.53. The summed E-state index contributed by atoms with van der Waals surface area (Å²) in [7, 11) is 0. The highest BCUT2D eigenvalue weighted by Crippen LogP contribution is 2.50. The first-order valence-electron chi connectivity index (χ1n) is 14.2. The van der Waals surface area contributed by atoms with E-state index < -0.39 is 28.8 Å². The number of fused-ring (bicyclic) bond motifs is 3. The van der Waals surface area contributed by atoms with E-state index in [1.807, 2.05) is 4.90 Å². The Morgan fingerprint density at radius 3 is 2.88 bits per heavy atom. The molecule has 3 saturated heterocycles. The lowest BCUT2D eigenvalue weighted by Gasteiger charge is -2.35. The van der Waals surface area contributed by atoms with Crippen molar-refractivity contribution in [2.75, 3.05) is 56.6 Å². The van der Waals surface area contributed by atoms with E-state index in [-0.39, 0.29) is 63.9 Å². The van der Waals surface area contributed by atoms with Crippen LogP contribution in [0.1, 0.15) is 30.4 Å². The number of alkyl halides is 3. The Morgan fingerprint density at radius 2 is 2.09 bits per heavy atom. The number of aryl methyl sites for hydroxylation is 1. The van der Waals surface area contributed by atoms with Crippen LogP contribution in [0.5, 0.6) is 11.8 Å². The number of nitrogens with two attached hydrogens (primary N) is 1. The summed E-state index contributed by atoms with van der Waals surface area (Å²) < 4.78 is 72.0. The van der Waals surface area contributed by atoms with Crippen molar-refractivity contribution in [3.63, 3.8) is 0 Å². The van der Waals surface area contributed by atoms with E-state index in [9.17, 15) is 13.2 Å². The Balaban J connectivity index is 1.44. The molecule has 0 aliphatic carbocycles. The molecule has 1 aromatic carbocycles. The smallest absolute Gasteiger partial charge is 0.418 e. The maximum Gasteiger partial charge on any atom is 0.418 e. The third-order valence-electron chi connectivity index (χ3n) is 8.95. The van der Waals surface area contributed by atoms with Crippen LogP contribution < -0.4 is 25.4 Å². The summed E-state index contributed by atoms with van der Waals surface area (Å²) in [6.07, 6.45) is -2.15. The molecule has 228 valence electrons. The van der Waals surface area contributed by atoms with E-state index in [1.54, 1.807) is 0 Å².